The molecule has 3 rings (SSSR count). The third kappa shape index (κ3) is 3.36. The molecule has 0 spiro atoms. The highest BCUT2D eigenvalue weighted by atomic mass is 16.2. The van der Waals surface area contributed by atoms with Crippen LogP contribution in [0.2, 0.25) is 0 Å². The van der Waals surface area contributed by atoms with Crippen LogP contribution in [0.15, 0.2) is 30.6 Å². The molecule has 1 amide bonds. The number of nitrogens with zero attached hydrogens (tertiary/aromatic N) is 5. The molecule has 0 radical (unpaired) electrons. The Morgan fingerprint density at radius 3 is 2.87 bits per heavy atom. The minimum atomic E-state index is 0.0252. The van der Waals surface area contributed by atoms with Crippen molar-refractivity contribution in [2.24, 2.45) is 7.05 Å². The Labute approximate surface area is 136 Å². The quantitative estimate of drug-likeness (QED) is 0.868. The molecule has 0 N–H and O–H groups in total. The molecule has 0 aliphatic carbocycles. The Morgan fingerprint density at radius 1 is 1.35 bits per heavy atom. The number of likely N-dealkylation sites (tertiary alicyclic amines) is 1. The summed E-state index contributed by atoms with van der Waals surface area (Å²) in [5.74, 6) is 1.34. The average molecular weight is 313 g/mol. The molecule has 2 aromatic rings. The molecule has 0 bridgehead atoms. The van der Waals surface area contributed by atoms with E-state index in [0.29, 0.717) is 11.6 Å². The van der Waals surface area contributed by atoms with Gasteiger partial charge in [-0.15, -0.1) is 0 Å². The Hall–Kier alpha value is -2.37. The molecule has 0 unspecified atom stereocenters. The van der Waals surface area contributed by atoms with Crippen LogP contribution in [0, 0.1) is 0 Å². The topological polar surface area (TPSA) is 54.3 Å². The van der Waals surface area contributed by atoms with E-state index in [1.807, 2.05) is 37.1 Å². The average Bonchev–Trinajstić information content (AvgIpc) is 3.01. The van der Waals surface area contributed by atoms with Crippen LogP contribution in [0.5, 0.6) is 0 Å². The molecule has 1 aliphatic rings. The molecular weight excluding hydrogens is 290 g/mol. The number of aromatic nitrogens is 3. The maximum atomic E-state index is 12.6. The van der Waals surface area contributed by atoms with Gasteiger partial charge in [-0.25, -0.2) is 4.98 Å². The highest BCUT2D eigenvalue weighted by Crippen LogP contribution is 2.28. The maximum absolute atomic E-state index is 12.6. The van der Waals surface area contributed by atoms with E-state index < -0.39 is 0 Å². The lowest BCUT2D eigenvalue weighted by Crippen LogP contribution is -2.39. The number of aryl methyl sites for hydroxylation is 1. The van der Waals surface area contributed by atoms with Crippen LogP contribution in [0.1, 0.15) is 34.8 Å². The van der Waals surface area contributed by atoms with E-state index in [4.69, 9.17) is 0 Å². The van der Waals surface area contributed by atoms with Gasteiger partial charge in [0, 0.05) is 52.5 Å². The van der Waals surface area contributed by atoms with Gasteiger partial charge in [-0.2, -0.15) is 5.10 Å². The second kappa shape index (κ2) is 6.40. The summed E-state index contributed by atoms with van der Waals surface area (Å²) in [6, 6.07) is 5.97. The largest absolute Gasteiger partial charge is 0.363 e. The van der Waals surface area contributed by atoms with Crippen LogP contribution >= 0.6 is 0 Å². The molecular formula is C17H23N5O. The first-order chi connectivity index (χ1) is 11.0. The van der Waals surface area contributed by atoms with E-state index in [-0.39, 0.29) is 5.91 Å². The van der Waals surface area contributed by atoms with Crippen molar-refractivity contribution in [1.29, 1.82) is 0 Å². The van der Waals surface area contributed by atoms with E-state index in [1.165, 1.54) is 5.56 Å². The highest BCUT2D eigenvalue weighted by molar-refractivity contribution is 5.92. The van der Waals surface area contributed by atoms with E-state index in [0.717, 1.165) is 31.7 Å². The molecule has 3 heterocycles. The summed E-state index contributed by atoms with van der Waals surface area (Å²) in [6.45, 7) is 1.55. The Bertz CT molecular complexity index is 694. The van der Waals surface area contributed by atoms with Crippen molar-refractivity contribution < 1.29 is 4.79 Å². The predicted octanol–water partition coefficient (Wildman–Crippen LogP) is 1.90. The second-order valence-electron chi connectivity index (χ2n) is 6.31. The summed E-state index contributed by atoms with van der Waals surface area (Å²) in [4.78, 5) is 20.9. The van der Waals surface area contributed by atoms with Gasteiger partial charge in [-0.3, -0.25) is 9.48 Å². The fourth-order valence-corrected chi connectivity index (χ4v) is 3.06. The minimum Gasteiger partial charge on any atom is -0.363 e. The first kappa shape index (κ1) is 15.5. The van der Waals surface area contributed by atoms with Crippen molar-refractivity contribution in [2.45, 2.75) is 18.8 Å². The summed E-state index contributed by atoms with van der Waals surface area (Å²) in [5.41, 5.74) is 1.78. The van der Waals surface area contributed by atoms with Crippen molar-refractivity contribution in [3.63, 3.8) is 0 Å². The number of amides is 1. The van der Waals surface area contributed by atoms with Gasteiger partial charge in [-0.05, 0) is 36.6 Å². The van der Waals surface area contributed by atoms with Crippen LogP contribution in [0.25, 0.3) is 0 Å². The third-order valence-electron chi connectivity index (χ3n) is 4.34. The van der Waals surface area contributed by atoms with E-state index >= 15 is 0 Å². The third-order valence-corrected chi connectivity index (χ3v) is 4.34. The zero-order valence-electron chi connectivity index (χ0n) is 13.9. The number of carbonyl (C=O) groups excluding carboxylic acids is 1. The molecule has 2 aromatic heterocycles. The van der Waals surface area contributed by atoms with E-state index in [1.54, 1.807) is 16.9 Å². The Kier molecular flexibility index (Phi) is 4.32. The first-order valence-corrected chi connectivity index (χ1v) is 7.97. The summed E-state index contributed by atoms with van der Waals surface area (Å²) in [6.07, 6.45) is 5.77. The number of hydrogen-bond donors (Lipinski definition) is 0. The molecule has 6 heteroatoms. The summed E-state index contributed by atoms with van der Waals surface area (Å²) in [7, 11) is 5.81. The lowest BCUT2D eigenvalue weighted by Gasteiger charge is -2.32. The summed E-state index contributed by atoms with van der Waals surface area (Å²) >= 11 is 0. The molecule has 6 nitrogen and oxygen atoms in total. The zero-order chi connectivity index (χ0) is 16.4. The van der Waals surface area contributed by atoms with Crippen molar-refractivity contribution >= 4 is 11.7 Å². The maximum Gasteiger partial charge on any atom is 0.274 e. The fourth-order valence-electron chi connectivity index (χ4n) is 3.06. The number of piperidine rings is 1. The number of hydrogen-bond acceptors (Lipinski definition) is 4. The van der Waals surface area contributed by atoms with Crippen molar-refractivity contribution in [3.05, 3.63) is 41.9 Å². The highest BCUT2D eigenvalue weighted by Gasteiger charge is 2.26. The lowest BCUT2D eigenvalue weighted by atomic mass is 9.91. The van der Waals surface area contributed by atoms with Crippen LogP contribution in [-0.4, -0.2) is 52.8 Å². The standard InChI is InChI=1S/C17H23N5O/c1-20(2)16-11-13(6-8-18-16)14-5-4-9-22(12-14)17(23)15-7-10-21(3)19-15/h6-8,10-11,14H,4-5,9,12H2,1-3H3/t14-/m1/s1. The number of pyridine rings is 1. The van der Waals surface area contributed by atoms with Gasteiger partial charge in [0.25, 0.3) is 5.91 Å². The van der Waals surface area contributed by atoms with Crippen molar-refractivity contribution in [3.8, 4) is 0 Å². The summed E-state index contributed by atoms with van der Waals surface area (Å²) in [5, 5.41) is 4.23. The fraction of sp³-hybridized carbons (Fsp3) is 0.471. The van der Waals surface area contributed by atoms with E-state index in [2.05, 4.69) is 22.2 Å². The summed E-state index contributed by atoms with van der Waals surface area (Å²) < 4.78 is 1.67. The molecule has 122 valence electrons. The molecule has 1 fully saturated rings. The minimum absolute atomic E-state index is 0.0252. The predicted molar refractivity (Wildman–Crippen MR) is 89.7 cm³/mol. The Balaban J connectivity index is 1.75. The van der Waals surface area contributed by atoms with Crippen LogP contribution in [-0.2, 0) is 7.05 Å². The van der Waals surface area contributed by atoms with Gasteiger partial charge in [-0.1, -0.05) is 0 Å². The van der Waals surface area contributed by atoms with Gasteiger partial charge in [0.2, 0.25) is 0 Å². The molecule has 1 aliphatic heterocycles. The molecule has 0 saturated carbocycles. The van der Waals surface area contributed by atoms with Gasteiger partial charge >= 0.3 is 0 Å². The number of anilines is 1. The molecule has 1 saturated heterocycles. The number of carbonyl (C=O) groups is 1. The normalized spacial score (nSPS) is 18.0. The van der Waals surface area contributed by atoms with Gasteiger partial charge in [0.15, 0.2) is 0 Å². The van der Waals surface area contributed by atoms with Crippen LogP contribution < -0.4 is 4.90 Å². The first-order valence-electron chi connectivity index (χ1n) is 7.97. The monoisotopic (exact) mass is 313 g/mol. The molecule has 0 aromatic carbocycles. The number of rotatable bonds is 3. The Morgan fingerprint density at radius 2 is 2.17 bits per heavy atom. The van der Waals surface area contributed by atoms with Crippen molar-refractivity contribution in [2.75, 3.05) is 32.1 Å². The van der Waals surface area contributed by atoms with Gasteiger partial charge in [0.05, 0.1) is 0 Å². The van der Waals surface area contributed by atoms with Crippen molar-refractivity contribution in [1.82, 2.24) is 19.7 Å². The SMILES string of the molecule is CN(C)c1cc([C@@H]2CCCN(C(=O)c3ccn(C)n3)C2)ccn1. The lowest BCUT2D eigenvalue weighted by molar-refractivity contribution is 0.0700. The van der Waals surface area contributed by atoms with E-state index in [9.17, 15) is 4.79 Å². The van der Waals surface area contributed by atoms with Gasteiger partial charge in [0.1, 0.15) is 11.5 Å². The molecule has 23 heavy (non-hydrogen) atoms. The second-order valence-corrected chi connectivity index (χ2v) is 6.31. The smallest absolute Gasteiger partial charge is 0.274 e. The zero-order valence-corrected chi connectivity index (χ0v) is 13.9. The van der Waals surface area contributed by atoms with Crippen LogP contribution in [0.4, 0.5) is 5.82 Å². The van der Waals surface area contributed by atoms with Crippen LogP contribution in [0.3, 0.4) is 0 Å². The van der Waals surface area contributed by atoms with Gasteiger partial charge < -0.3 is 9.80 Å². The molecule has 1 atom stereocenters.